The van der Waals surface area contributed by atoms with E-state index in [0.717, 1.165) is 0 Å². The van der Waals surface area contributed by atoms with Crippen LogP contribution in [0.5, 0.6) is 0 Å². The van der Waals surface area contributed by atoms with Crippen LogP contribution in [0.25, 0.3) is 0 Å². The van der Waals surface area contributed by atoms with E-state index >= 15 is 0 Å². The molecule has 3 N–H and O–H groups in total. The minimum atomic E-state index is -1.22. The van der Waals surface area contributed by atoms with Crippen molar-refractivity contribution in [2.75, 3.05) is 6.61 Å². The van der Waals surface area contributed by atoms with Gasteiger partial charge in [-0.3, -0.25) is 4.98 Å². The first-order valence-corrected chi connectivity index (χ1v) is 4.26. The Kier molecular flexibility index (Phi) is 4.54. The highest BCUT2D eigenvalue weighted by molar-refractivity contribution is 6.59. The quantitative estimate of drug-likeness (QED) is 0.394. The van der Waals surface area contributed by atoms with E-state index in [1.54, 1.807) is 18.3 Å². The Balaban J connectivity index is 2.46. The first-order valence-electron chi connectivity index (χ1n) is 4.26. The molecular formula is C8H12BNO4. The summed E-state index contributed by atoms with van der Waals surface area (Å²) in [6.45, 7) is -0.194. The number of aliphatic hydroxyl groups is 2. The zero-order valence-electron chi connectivity index (χ0n) is 7.58. The van der Waals surface area contributed by atoms with E-state index in [2.05, 4.69) is 4.98 Å². The zero-order valence-corrected chi connectivity index (χ0v) is 7.58. The minimum absolute atomic E-state index is 0.0668. The molecule has 1 unspecified atom stereocenters. The maximum Gasteiger partial charge on any atom is 0.494 e. The van der Waals surface area contributed by atoms with Crippen LogP contribution in [0, 0.1) is 0 Å². The summed E-state index contributed by atoms with van der Waals surface area (Å²) in [5.41, 5.74) is 0.462. The van der Waals surface area contributed by atoms with Crippen molar-refractivity contribution < 1.29 is 19.9 Å². The van der Waals surface area contributed by atoms with Crippen LogP contribution >= 0.6 is 0 Å². The molecule has 14 heavy (non-hydrogen) atoms. The lowest BCUT2D eigenvalue weighted by Gasteiger charge is -2.13. The summed E-state index contributed by atoms with van der Waals surface area (Å²) in [5.74, 6) is 0. The van der Waals surface area contributed by atoms with Crippen molar-refractivity contribution in [1.29, 1.82) is 0 Å². The highest BCUT2D eigenvalue weighted by Crippen LogP contribution is 1.95. The SMILES string of the molecule is OCCC(O)OB(O)c1cccnc1. The molecule has 0 aromatic carbocycles. The summed E-state index contributed by atoms with van der Waals surface area (Å²) >= 11 is 0. The smallest absolute Gasteiger partial charge is 0.423 e. The van der Waals surface area contributed by atoms with Gasteiger partial charge in [-0.2, -0.15) is 0 Å². The molecule has 1 rings (SSSR count). The van der Waals surface area contributed by atoms with Crippen LogP contribution in [0.1, 0.15) is 6.42 Å². The van der Waals surface area contributed by atoms with E-state index in [-0.39, 0.29) is 13.0 Å². The zero-order chi connectivity index (χ0) is 10.4. The van der Waals surface area contributed by atoms with Crippen molar-refractivity contribution in [1.82, 2.24) is 4.98 Å². The van der Waals surface area contributed by atoms with Crippen LogP contribution in [0.4, 0.5) is 0 Å². The molecule has 0 saturated heterocycles. The fourth-order valence-electron chi connectivity index (χ4n) is 0.928. The number of nitrogens with zero attached hydrogens (tertiary/aromatic N) is 1. The largest absolute Gasteiger partial charge is 0.494 e. The monoisotopic (exact) mass is 197 g/mol. The summed E-state index contributed by atoms with van der Waals surface area (Å²) in [7, 11) is -1.22. The Hall–Kier alpha value is -0.945. The molecule has 1 atom stereocenters. The second-order valence-corrected chi connectivity index (χ2v) is 2.74. The van der Waals surface area contributed by atoms with Gasteiger partial charge in [0.15, 0.2) is 0 Å². The number of rotatable bonds is 5. The molecule has 1 aromatic heterocycles. The number of hydrogen-bond donors (Lipinski definition) is 3. The summed E-state index contributed by atoms with van der Waals surface area (Å²) in [6, 6.07) is 3.28. The average molecular weight is 197 g/mol. The third-order valence-corrected chi connectivity index (χ3v) is 1.63. The molecule has 76 valence electrons. The maximum atomic E-state index is 9.41. The van der Waals surface area contributed by atoms with Gasteiger partial charge < -0.3 is 19.9 Å². The molecule has 1 aromatic rings. The lowest BCUT2D eigenvalue weighted by Crippen LogP contribution is -2.37. The standard InChI is InChI=1S/C8H12BNO4/c11-5-3-8(12)14-9(13)7-2-1-4-10-6-7/h1-2,4,6,8,11-13H,3,5H2. The molecule has 0 radical (unpaired) electrons. The Labute approximate surface area is 82.1 Å². The molecule has 6 heteroatoms. The second-order valence-electron chi connectivity index (χ2n) is 2.74. The lowest BCUT2D eigenvalue weighted by atomic mass is 9.81. The Bertz CT molecular complexity index is 259. The molecule has 0 aliphatic heterocycles. The van der Waals surface area contributed by atoms with Crippen molar-refractivity contribution in [3.8, 4) is 0 Å². The predicted molar refractivity (Wildman–Crippen MR) is 50.6 cm³/mol. The van der Waals surface area contributed by atoms with Gasteiger partial charge in [0.2, 0.25) is 0 Å². The van der Waals surface area contributed by atoms with Crippen molar-refractivity contribution in [3.05, 3.63) is 24.5 Å². The highest BCUT2D eigenvalue weighted by atomic mass is 16.6. The van der Waals surface area contributed by atoms with Crippen LogP contribution in [0.2, 0.25) is 0 Å². The van der Waals surface area contributed by atoms with Gasteiger partial charge in [0, 0.05) is 30.9 Å². The van der Waals surface area contributed by atoms with Gasteiger partial charge in [-0.25, -0.2) is 0 Å². The van der Waals surface area contributed by atoms with Crippen LogP contribution in [-0.4, -0.2) is 40.2 Å². The number of aromatic nitrogens is 1. The van der Waals surface area contributed by atoms with Gasteiger partial charge in [-0.05, 0) is 6.07 Å². The van der Waals surface area contributed by atoms with E-state index < -0.39 is 13.4 Å². The van der Waals surface area contributed by atoms with Crippen molar-refractivity contribution in [2.24, 2.45) is 0 Å². The maximum absolute atomic E-state index is 9.41. The number of aliphatic hydroxyl groups excluding tert-OH is 2. The molecule has 0 aliphatic carbocycles. The van der Waals surface area contributed by atoms with Crippen LogP contribution in [0.3, 0.4) is 0 Å². The van der Waals surface area contributed by atoms with Gasteiger partial charge in [0.1, 0.15) is 6.29 Å². The first kappa shape index (κ1) is 11.1. The normalized spacial score (nSPS) is 12.5. The van der Waals surface area contributed by atoms with E-state index in [0.29, 0.717) is 5.46 Å². The summed E-state index contributed by atoms with van der Waals surface area (Å²) in [4.78, 5) is 3.79. The third-order valence-electron chi connectivity index (χ3n) is 1.63. The van der Waals surface area contributed by atoms with E-state index in [9.17, 15) is 5.02 Å². The Morgan fingerprint density at radius 1 is 1.57 bits per heavy atom. The molecule has 0 saturated carbocycles. The molecule has 0 bridgehead atoms. The van der Waals surface area contributed by atoms with Gasteiger partial charge in [-0.1, -0.05) is 6.07 Å². The summed E-state index contributed by atoms with van der Waals surface area (Å²) < 4.78 is 4.79. The van der Waals surface area contributed by atoms with Crippen molar-refractivity contribution >= 4 is 12.6 Å². The van der Waals surface area contributed by atoms with Crippen LogP contribution in [0.15, 0.2) is 24.5 Å². The molecule has 0 aliphatic rings. The number of hydrogen-bond acceptors (Lipinski definition) is 5. The fourth-order valence-corrected chi connectivity index (χ4v) is 0.928. The highest BCUT2D eigenvalue weighted by Gasteiger charge is 2.20. The van der Waals surface area contributed by atoms with Gasteiger partial charge >= 0.3 is 7.12 Å². The van der Waals surface area contributed by atoms with Crippen molar-refractivity contribution in [3.63, 3.8) is 0 Å². The Morgan fingerprint density at radius 3 is 2.93 bits per heavy atom. The van der Waals surface area contributed by atoms with Crippen LogP contribution in [-0.2, 0) is 4.65 Å². The molecule has 0 amide bonds. The van der Waals surface area contributed by atoms with E-state index in [4.69, 9.17) is 14.9 Å². The lowest BCUT2D eigenvalue weighted by molar-refractivity contribution is -0.0434. The third kappa shape index (κ3) is 3.43. The van der Waals surface area contributed by atoms with Gasteiger partial charge in [0.25, 0.3) is 0 Å². The number of pyridine rings is 1. The molecular weight excluding hydrogens is 185 g/mol. The Morgan fingerprint density at radius 2 is 2.36 bits per heavy atom. The molecule has 1 heterocycles. The predicted octanol–water partition coefficient (Wildman–Crippen LogP) is -1.51. The van der Waals surface area contributed by atoms with Crippen LogP contribution < -0.4 is 5.46 Å². The van der Waals surface area contributed by atoms with Crippen molar-refractivity contribution in [2.45, 2.75) is 12.7 Å². The van der Waals surface area contributed by atoms with Gasteiger partial charge in [-0.15, -0.1) is 0 Å². The first-order chi connectivity index (χ1) is 6.74. The molecule has 0 spiro atoms. The van der Waals surface area contributed by atoms with E-state index in [1.165, 1.54) is 6.20 Å². The summed E-state index contributed by atoms with van der Waals surface area (Å²) in [6.07, 6.45) is 1.91. The molecule has 5 nitrogen and oxygen atoms in total. The average Bonchev–Trinajstić information content (AvgIpc) is 2.19. The summed E-state index contributed by atoms with van der Waals surface area (Å²) in [5, 5.41) is 27.0. The minimum Gasteiger partial charge on any atom is -0.423 e. The topological polar surface area (TPSA) is 82.8 Å². The molecule has 0 fully saturated rings. The van der Waals surface area contributed by atoms with E-state index in [1.807, 2.05) is 0 Å². The second kappa shape index (κ2) is 5.72. The fraction of sp³-hybridized carbons (Fsp3) is 0.375. The van der Waals surface area contributed by atoms with Gasteiger partial charge in [0.05, 0.1) is 0 Å².